The Bertz CT molecular complexity index is 2170. The van der Waals surface area contributed by atoms with Crippen molar-refractivity contribution in [2.75, 3.05) is 37.8 Å². The lowest BCUT2D eigenvalue weighted by molar-refractivity contribution is -0.137. The molecule has 0 bridgehead atoms. The number of hydrogen-bond acceptors (Lipinski definition) is 18. The number of nitrogens with two attached hydrogens (primary N) is 1. The Balaban J connectivity index is 1.10. The van der Waals surface area contributed by atoms with Gasteiger partial charge < -0.3 is 50.9 Å². The van der Waals surface area contributed by atoms with Crippen LogP contribution in [-0.2, 0) is 57.1 Å². The number of nitrogens with zero attached hydrogens (tertiary/aromatic N) is 4. The largest absolute Gasteiger partial charge is 0.481 e. The van der Waals surface area contributed by atoms with E-state index in [2.05, 4.69) is 58.7 Å². The van der Waals surface area contributed by atoms with E-state index in [-0.39, 0.29) is 41.6 Å². The number of hydrogen-bond donors (Lipinski definition) is 9. The van der Waals surface area contributed by atoms with Crippen LogP contribution in [0.15, 0.2) is 43.0 Å². The zero-order chi connectivity index (χ0) is 47.8. The molecular weight excluding hydrogens is 939 g/mol. The van der Waals surface area contributed by atoms with Gasteiger partial charge in [-0.15, -0.1) is 0 Å². The lowest BCUT2D eigenvalue weighted by Crippen LogP contribution is -2.46. The minimum absolute atomic E-state index is 0.0320. The molecule has 2 unspecified atom stereocenters. The summed E-state index contributed by atoms with van der Waals surface area (Å²) in [6.45, 7) is 0.554. The van der Waals surface area contributed by atoms with Crippen molar-refractivity contribution >= 4 is 69.1 Å². The van der Waals surface area contributed by atoms with Gasteiger partial charge in [0.1, 0.15) is 36.3 Å². The van der Waals surface area contributed by atoms with Gasteiger partial charge in [-0.25, -0.2) is 28.6 Å². The summed E-state index contributed by atoms with van der Waals surface area (Å²) in [7, 11) is -16.4. The molecule has 1 fully saturated rings. The maximum absolute atomic E-state index is 12.7. The number of benzene rings is 1. The number of ether oxygens (including phenoxy) is 1. The Morgan fingerprint density at radius 2 is 1.57 bits per heavy atom. The molecule has 0 aliphatic carbocycles. The molecule has 1 saturated heterocycles. The SMILES string of the molecule is CC(C)(COP(=O)(O)OP(=O)(O)OC[C@H]1O[C@@H](n2cnc3c(N)ncnc32)[C@H](O)[C@@H]1OP(=O)(O)O)[C@@H](O)C(=O)NCCC(=O)NCCSC(=O)CCCCCCCCCc1ccccc1. The van der Waals surface area contributed by atoms with Gasteiger partial charge in [0, 0.05) is 37.1 Å². The minimum atomic E-state index is -5.58. The van der Waals surface area contributed by atoms with Crippen LogP contribution in [0.5, 0.6) is 0 Å². The molecule has 65 heavy (non-hydrogen) atoms. The van der Waals surface area contributed by atoms with E-state index < -0.39 is 84.6 Å². The van der Waals surface area contributed by atoms with Gasteiger partial charge in [0.15, 0.2) is 22.8 Å². The quantitative estimate of drug-likeness (QED) is 0.0356. The number of unbranched alkanes of at least 4 members (excludes halogenated alkanes) is 6. The molecule has 1 aliphatic heterocycles. The number of aliphatic hydroxyl groups is 2. The van der Waals surface area contributed by atoms with Gasteiger partial charge in [0.05, 0.1) is 19.5 Å². The fraction of sp³-hybridized carbons (Fsp3) is 0.622. The zero-order valence-corrected chi connectivity index (χ0v) is 39.3. The smallest absolute Gasteiger partial charge is 0.386 e. The molecule has 0 spiro atoms. The van der Waals surface area contributed by atoms with E-state index in [1.54, 1.807) is 0 Å². The number of phosphoric ester groups is 3. The first kappa shape index (κ1) is 54.4. The number of aromatic nitrogens is 4. The average Bonchev–Trinajstić information content (AvgIpc) is 3.80. The summed E-state index contributed by atoms with van der Waals surface area (Å²) in [5.74, 6) is -1.04. The highest BCUT2D eigenvalue weighted by atomic mass is 32.2. The topological polar surface area (TPSA) is 364 Å². The lowest BCUT2D eigenvalue weighted by atomic mass is 9.87. The van der Waals surface area contributed by atoms with Crippen molar-refractivity contribution in [1.82, 2.24) is 30.2 Å². The number of aryl methyl sites for hydroxylation is 1. The molecule has 3 heterocycles. The van der Waals surface area contributed by atoms with Crippen LogP contribution in [0.25, 0.3) is 11.2 Å². The second kappa shape index (κ2) is 25.2. The van der Waals surface area contributed by atoms with E-state index in [0.717, 1.165) is 61.1 Å². The van der Waals surface area contributed by atoms with Crippen molar-refractivity contribution in [1.29, 1.82) is 0 Å². The van der Waals surface area contributed by atoms with Crippen LogP contribution in [0, 0.1) is 5.41 Å². The molecule has 7 atom stereocenters. The summed E-state index contributed by atoms with van der Waals surface area (Å²) in [6, 6.07) is 10.4. The molecule has 1 aliphatic rings. The molecule has 1 aromatic carbocycles. The van der Waals surface area contributed by atoms with E-state index in [1.807, 2.05) is 6.07 Å². The van der Waals surface area contributed by atoms with Gasteiger partial charge in [0.25, 0.3) is 0 Å². The molecule has 0 saturated carbocycles. The van der Waals surface area contributed by atoms with Crippen molar-refractivity contribution in [3.63, 3.8) is 0 Å². The third-order valence-electron chi connectivity index (χ3n) is 9.95. The number of nitrogens with one attached hydrogen (secondary N) is 2. The number of anilines is 1. The fourth-order valence-corrected chi connectivity index (χ4v) is 10.0. The Hall–Kier alpha value is -3.22. The average molecular weight is 998 g/mol. The van der Waals surface area contributed by atoms with E-state index in [1.165, 1.54) is 38.7 Å². The molecule has 28 heteroatoms. The normalized spacial score (nSPS) is 20.2. The molecule has 10 N–H and O–H groups in total. The van der Waals surface area contributed by atoms with Crippen LogP contribution < -0.4 is 16.4 Å². The summed E-state index contributed by atoms with van der Waals surface area (Å²) in [6.07, 6.45) is 2.25. The van der Waals surface area contributed by atoms with Crippen LogP contribution in [0.3, 0.4) is 0 Å². The number of aliphatic hydroxyl groups excluding tert-OH is 2. The Labute approximate surface area is 379 Å². The molecule has 4 rings (SSSR count). The van der Waals surface area contributed by atoms with Crippen LogP contribution in [-0.4, -0.2) is 123 Å². The van der Waals surface area contributed by atoms with Gasteiger partial charge in [-0.3, -0.25) is 32.5 Å². The van der Waals surface area contributed by atoms with Gasteiger partial charge >= 0.3 is 23.5 Å². The van der Waals surface area contributed by atoms with Crippen molar-refractivity contribution < 1.29 is 80.5 Å². The maximum atomic E-state index is 12.7. The molecule has 2 amide bonds. The van der Waals surface area contributed by atoms with E-state index in [4.69, 9.17) is 19.5 Å². The summed E-state index contributed by atoms with van der Waals surface area (Å²) in [4.78, 5) is 88.3. The number of rotatable bonds is 29. The van der Waals surface area contributed by atoms with Gasteiger partial charge in [-0.05, 0) is 24.8 Å². The highest BCUT2D eigenvalue weighted by Gasteiger charge is 2.50. The molecule has 0 radical (unpaired) electrons. The highest BCUT2D eigenvalue weighted by molar-refractivity contribution is 8.13. The lowest BCUT2D eigenvalue weighted by Gasteiger charge is -2.30. The fourth-order valence-electron chi connectivity index (χ4n) is 6.49. The first-order chi connectivity index (χ1) is 30.6. The Kier molecular flexibility index (Phi) is 21.1. The molecule has 3 aromatic rings. The molecule has 2 aromatic heterocycles. The van der Waals surface area contributed by atoms with Gasteiger partial charge in [0.2, 0.25) is 11.8 Å². The predicted molar refractivity (Wildman–Crippen MR) is 234 cm³/mol. The number of thioether (sulfide) groups is 1. The summed E-state index contributed by atoms with van der Waals surface area (Å²) in [5.41, 5.74) is 5.64. The summed E-state index contributed by atoms with van der Waals surface area (Å²) in [5, 5.41) is 26.6. The Morgan fingerprint density at radius 3 is 2.26 bits per heavy atom. The molecular formula is C37H58N7O17P3S. The predicted octanol–water partition coefficient (Wildman–Crippen LogP) is 3.03. The second-order valence-corrected chi connectivity index (χ2v) is 21.1. The monoisotopic (exact) mass is 997 g/mol. The number of carbonyl (C=O) groups excluding carboxylic acids is 3. The van der Waals surface area contributed by atoms with E-state index >= 15 is 0 Å². The number of phosphoric acid groups is 3. The van der Waals surface area contributed by atoms with Crippen LogP contribution in [0.1, 0.15) is 83.4 Å². The van der Waals surface area contributed by atoms with E-state index in [9.17, 15) is 57.9 Å². The van der Waals surface area contributed by atoms with Gasteiger partial charge in [-0.1, -0.05) is 88.0 Å². The van der Waals surface area contributed by atoms with Gasteiger partial charge in [-0.2, -0.15) is 4.31 Å². The van der Waals surface area contributed by atoms with Crippen LogP contribution in [0.2, 0.25) is 0 Å². The van der Waals surface area contributed by atoms with Crippen molar-refractivity contribution in [2.45, 2.75) is 109 Å². The van der Waals surface area contributed by atoms with Crippen molar-refractivity contribution in [2.24, 2.45) is 5.41 Å². The maximum Gasteiger partial charge on any atom is 0.481 e. The van der Waals surface area contributed by atoms with Crippen molar-refractivity contribution in [3.8, 4) is 0 Å². The van der Waals surface area contributed by atoms with Crippen LogP contribution >= 0.6 is 35.2 Å². The van der Waals surface area contributed by atoms with E-state index in [0.29, 0.717) is 12.2 Å². The summed E-state index contributed by atoms with van der Waals surface area (Å²) < 4.78 is 62.4. The summed E-state index contributed by atoms with van der Waals surface area (Å²) >= 11 is 1.14. The third-order valence-corrected chi connectivity index (χ3v) is 14.0. The molecule has 24 nitrogen and oxygen atoms in total. The third kappa shape index (κ3) is 18.4. The number of carbonyl (C=O) groups is 3. The molecule has 364 valence electrons. The number of fused-ring (bicyclic) bond motifs is 1. The highest BCUT2D eigenvalue weighted by Crippen LogP contribution is 2.61. The Morgan fingerprint density at radius 1 is 0.908 bits per heavy atom. The number of imidazole rings is 1. The first-order valence-electron chi connectivity index (χ1n) is 20.7. The van der Waals surface area contributed by atoms with Crippen LogP contribution in [0.4, 0.5) is 5.82 Å². The number of nitrogen functional groups attached to an aromatic ring is 1. The first-order valence-corrected chi connectivity index (χ1v) is 26.2. The standard InChI is InChI=1S/C37H58N7O17P3S/c1-37(2,32(48)35(49)40-18-17-27(45)39-19-20-65-28(46)16-12-7-5-3-4-6-9-13-25-14-10-8-11-15-25)22-58-64(55,56)61-63(53,54)57-21-26-31(60-62(50,51)52)30(47)36(59-26)44-24-43-29-33(38)41-23-42-34(29)44/h8,10-11,14-15,23-24,26,30-32,36,47-48H,3-7,9,12-13,16-22H2,1-2H3,(H,39,45)(H,40,49)(H,53,54)(H,55,56)(H2,38,41,42)(H2,50,51,52)/t26-,30-,31-,32+,36-/m1/s1. The second-order valence-electron chi connectivity index (χ2n) is 15.8. The zero-order valence-electron chi connectivity index (χ0n) is 35.8. The van der Waals surface area contributed by atoms with Crippen molar-refractivity contribution in [3.05, 3.63) is 48.5 Å². The minimum Gasteiger partial charge on any atom is -0.386 e. The number of amides is 2.